The zero-order valence-electron chi connectivity index (χ0n) is 15.0. The molecular formula is C21H22N4S. The van der Waals surface area contributed by atoms with Crippen LogP contribution in [0.25, 0.3) is 0 Å². The fourth-order valence-electron chi connectivity index (χ4n) is 3.57. The molecule has 5 heteroatoms. The van der Waals surface area contributed by atoms with Gasteiger partial charge in [0.25, 0.3) is 0 Å². The van der Waals surface area contributed by atoms with Crippen LogP contribution in [0.15, 0.2) is 61.1 Å². The van der Waals surface area contributed by atoms with E-state index >= 15 is 0 Å². The molecule has 0 saturated heterocycles. The van der Waals surface area contributed by atoms with E-state index in [1.54, 1.807) is 0 Å². The van der Waals surface area contributed by atoms with Gasteiger partial charge < -0.3 is 14.8 Å². The standard InChI is InChI=1S/C21H22N4S/c1-15-5-3-6-18(16(15)2)23-21(26)25-14-13-24-12-4-7-19(24)20(25)17-8-10-22-11-9-17/h3-12,20H,13-14H2,1-2H3,(H,23,26). The van der Waals surface area contributed by atoms with Crippen LogP contribution in [-0.4, -0.2) is 26.1 Å². The summed E-state index contributed by atoms with van der Waals surface area (Å²) in [6, 6.07) is 14.8. The molecule has 0 fully saturated rings. The number of nitrogens with one attached hydrogen (secondary N) is 1. The zero-order valence-corrected chi connectivity index (χ0v) is 15.8. The van der Waals surface area contributed by atoms with E-state index in [1.807, 2.05) is 12.4 Å². The fourth-order valence-corrected chi connectivity index (χ4v) is 3.88. The Morgan fingerprint density at radius 2 is 1.88 bits per heavy atom. The monoisotopic (exact) mass is 362 g/mol. The molecular weight excluding hydrogens is 340 g/mol. The first-order chi connectivity index (χ1) is 12.6. The van der Waals surface area contributed by atoms with Gasteiger partial charge in [0, 0.05) is 43.1 Å². The number of nitrogens with zero attached hydrogens (tertiary/aromatic N) is 3. The number of hydrogen-bond acceptors (Lipinski definition) is 2. The van der Waals surface area contributed by atoms with E-state index in [0.29, 0.717) is 0 Å². The SMILES string of the molecule is Cc1cccc(NC(=S)N2CCn3cccc3C2c2ccncc2)c1C. The molecule has 3 aromatic rings. The summed E-state index contributed by atoms with van der Waals surface area (Å²) in [5, 5.41) is 4.23. The summed E-state index contributed by atoms with van der Waals surface area (Å²) in [6.45, 7) is 6.04. The second kappa shape index (κ2) is 6.92. The molecule has 0 saturated carbocycles. The van der Waals surface area contributed by atoms with Crippen LogP contribution in [0.1, 0.15) is 28.4 Å². The van der Waals surface area contributed by atoms with Crippen molar-refractivity contribution in [3.05, 3.63) is 83.4 Å². The normalized spacial score (nSPS) is 16.2. The quantitative estimate of drug-likeness (QED) is 0.689. The van der Waals surface area contributed by atoms with Gasteiger partial charge in [0.1, 0.15) is 0 Å². The Balaban J connectivity index is 1.68. The Bertz CT molecular complexity index is 932. The van der Waals surface area contributed by atoms with Gasteiger partial charge in [-0.3, -0.25) is 4.98 Å². The minimum absolute atomic E-state index is 0.0897. The van der Waals surface area contributed by atoms with E-state index in [2.05, 4.69) is 82.3 Å². The molecule has 2 aromatic heterocycles. The van der Waals surface area contributed by atoms with Gasteiger partial charge in [-0.2, -0.15) is 0 Å². The van der Waals surface area contributed by atoms with Gasteiger partial charge in [-0.1, -0.05) is 12.1 Å². The van der Waals surface area contributed by atoms with E-state index in [1.165, 1.54) is 22.4 Å². The highest BCUT2D eigenvalue weighted by Gasteiger charge is 2.30. The molecule has 0 spiro atoms. The highest BCUT2D eigenvalue weighted by Crippen LogP contribution is 2.33. The molecule has 1 atom stereocenters. The van der Waals surface area contributed by atoms with Crippen LogP contribution in [-0.2, 0) is 6.54 Å². The lowest BCUT2D eigenvalue weighted by molar-refractivity contribution is 0.293. The van der Waals surface area contributed by atoms with Crippen molar-refractivity contribution >= 4 is 23.0 Å². The van der Waals surface area contributed by atoms with Crippen molar-refractivity contribution in [3.8, 4) is 0 Å². The van der Waals surface area contributed by atoms with Crippen LogP contribution < -0.4 is 5.32 Å². The molecule has 0 aliphatic carbocycles. The molecule has 1 aromatic carbocycles. The highest BCUT2D eigenvalue weighted by atomic mass is 32.1. The first kappa shape index (κ1) is 16.8. The number of aryl methyl sites for hydroxylation is 1. The third kappa shape index (κ3) is 2.99. The topological polar surface area (TPSA) is 33.1 Å². The number of benzene rings is 1. The second-order valence-electron chi connectivity index (χ2n) is 6.68. The van der Waals surface area contributed by atoms with Crippen LogP contribution in [0.5, 0.6) is 0 Å². The smallest absolute Gasteiger partial charge is 0.174 e. The van der Waals surface area contributed by atoms with Crippen LogP contribution in [0.3, 0.4) is 0 Å². The Morgan fingerprint density at radius 3 is 2.69 bits per heavy atom. The minimum Gasteiger partial charge on any atom is -0.348 e. The van der Waals surface area contributed by atoms with Crippen molar-refractivity contribution in [2.24, 2.45) is 0 Å². The summed E-state index contributed by atoms with van der Waals surface area (Å²) in [7, 11) is 0. The molecule has 4 rings (SSSR count). The predicted molar refractivity (Wildman–Crippen MR) is 109 cm³/mol. The van der Waals surface area contributed by atoms with E-state index in [-0.39, 0.29) is 6.04 Å². The molecule has 0 amide bonds. The average molecular weight is 363 g/mol. The molecule has 1 aliphatic heterocycles. The largest absolute Gasteiger partial charge is 0.348 e. The molecule has 0 bridgehead atoms. The Labute approximate surface area is 159 Å². The van der Waals surface area contributed by atoms with Gasteiger partial charge in [-0.15, -0.1) is 0 Å². The van der Waals surface area contributed by atoms with Crippen molar-refractivity contribution in [1.82, 2.24) is 14.5 Å². The van der Waals surface area contributed by atoms with Crippen molar-refractivity contribution in [3.63, 3.8) is 0 Å². The van der Waals surface area contributed by atoms with Crippen LogP contribution in [0.2, 0.25) is 0 Å². The summed E-state index contributed by atoms with van der Waals surface area (Å²) < 4.78 is 2.31. The van der Waals surface area contributed by atoms with Gasteiger partial charge in [-0.05, 0) is 73.1 Å². The number of pyridine rings is 1. The summed E-state index contributed by atoms with van der Waals surface area (Å²) in [5.41, 5.74) is 6.02. The summed E-state index contributed by atoms with van der Waals surface area (Å²) in [4.78, 5) is 6.45. The molecule has 3 heterocycles. The van der Waals surface area contributed by atoms with Gasteiger partial charge in [0.2, 0.25) is 0 Å². The molecule has 1 aliphatic rings. The van der Waals surface area contributed by atoms with E-state index in [9.17, 15) is 0 Å². The van der Waals surface area contributed by atoms with E-state index in [4.69, 9.17) is 12.2 Å². The average Bonchev–Trinajstić information content (AvgIpc) is 3.14. The van der Waals surface area contributed by atoms with Crippen molar-refractivity contribution in [2.45, 2.75) is 26.4 Å². The lowest BCUT2D eigenvalue weighted by Gasteiger charge is -2.39. The zero-order chi connectivity index (χ0) is 18.1. The third-order valence-corrected chi connectivity index (χ3v) is 5.50. The van der Waals surface area contributed by atoms with Crippen LogP contribution in [0, 0.1) is 13.8 Å². The lowest BCUT2D eigenvalue weighted by Crippen LogP contribution is -2.44. The Hall–Kier alpha value is -2.66. The molecule has 1 unspecified atom stereocenters. The highest BCUT2D eigenvalue weighted by molar-refractivity contribution is 7.80. The first-order valence-corrected chi connectivity index (χ1v) is 9.25. The Kier molecular flexibility index (Phi) is 4.47. The van der Waals surface area contributed by atoms with Gasteiger partial charge in [0.15, 0.2) is 5.11 Å². The van der Waals surface area contributed by atoms with E-state index < -0.39 is 0 Å². The van der Waals surface area contributed by atoms with Gasteiger partial charge in [0.05, 0.1) is 6.04 Å². The lowest BCUT2D eigenvalue weighted by atomic mass is 10.0. The molecule has 0 radical (unpaired) electrons. The van der Waals surface area contributed by atoms with Crippen molar-refractivity contribution in [1.29, 1.82) is 0 Å². The van der Waals surface area contributed by atoms with Gasteiger partial charge >= 0.3 is 0 Å². The molecule has 4 nitrogen and oxygen atoms in total. The maximum absolute atomic E-state index is 5.83. The number of rotatable bonds is 2. The maximum Gasteiger partial charge on any atom is 0.174 e. The van der Waals surface area contributed by atoms with Crippen molar-refractivity contribution < 1.29 is 0 Å². The minimum atomic E-state index is 0.0897. The fraction of sp³-hybridized carbons (Fsp3) is 0.238. The second-order valence-corrected chi connectivity index (χ2v) is 7.07. The number of thiocarbonyl (C=S) groups is 1. The predicted octanol–water partition coefficient (Wildman–Crippen LogP) is 4.30. The molecule has 26 heavy (non-hydrogen) atoms. The molecule has 132 valence electrons. The summed E-state index contributed by atoms with van der Waals surface area (Å²) in [6.07, 6.45) is 5.83. The number of anilines is 1. The van der Waals surface area contributed by atoms with E-state index in [0.717, 1.165) is 23.9 Å². The Morgan fingerprint density at radius 1 is 1.08 bits per heavy atom. The molecule has 1 N–H and O–H groups in total. The van der Waals surface area contributed by atoms with Crippen LogP contribution >= 0.6 is 12.2 Å². The van der Waals surface area contributed by atoms with Gasteiger partial charge in [-0.25, -0.2) is 0 Å². The number of hydrogen-bond donors (Lipinski definition) is 1. The summed E-state index contributed by atoms with van der Waals surface area (Å²) >= 11 is 5.83. The first-order valence-electron chi connectivity index (χ1n) is 8.84. The third-order valence-electron chi connectivity index (χ3n) is 5.17. The van der Waals surface area contributed by atoms with Crippen LogP contribution in [0.4, 0.5) is 5.69 Å². The number of fused-ring (bicyclic) bond motifs is 1. The summed E-state index contributed by atoms with van der Waals surface area (Å²) in [5.74, 6) is 0. The number of aromatic nitrogens is 2. The maximum atomic E-state index is 5.83. The van der Waals surface area contributed by atoms with Crippen molar-refractivity contribution in [2.75, 3.05) is 11.9 Å².